The summed E-state index contributed by atoms with van der Waals surface area (Å²) in [4.78, 5) is 9.67. The third-order valence-corrected chi connectivity index (χ3v) is 6.72. The minimum Gasteiger partial charge on any atom is -0.368 e. The monoisotopic (exact) mass is 385 g/mol. The fourth-order valence-corrected chi connectivity index (χ4v) is 4.78. The molecule has 29 heavy (non-hydrogen) atoms. The SMILES string of the molecule is C=C(c1ccn2nccc2c1)c1cc(C(=C)N2CC3CCC(C2)N3C)cnc1C. The van der Waals surface area contributed by atoms with Crippen molar-refractivity contribution in [3.8, 4) is 0 Å². The molecule has 2 aliphatic rings. The third-order valence-electron chi connectivity index (χ3n) is 6.72. The number of hydrogen-bond donors (Lipinski definition) is 0. The molecule has 2 unspecified atom stereocenters. The molecule has 2 atom stereocenters. The molecule has 3 aromatic heterocycles. The van der Waals surface area contributed by atoms with Crippen LogP contribution < -0.4 is 0 Å². The van der Waals surface area contributed by atoms with Gasteiger partial charge in [-0.2, -0.15) is 5.10 Å². The molecule has 5 heterocycles. The molecule has 2 bridgehead atoms. The molecular weight excluding hydrogens is 358 g/mol. The van der Waals surface area contributed by atoms with Crippen molar-refractivity contribution in [1.82, 2.24) is 24.4 Å². The van der Waals surface area contributed by atoms with Gasteiger partial charge in [-0.25, -0.2) is 4.52 Å². The van der Waals surface area contributed by atoms with Crippen LogP contribution in [0, 0.1) is 6.92 Å². The number of nitrogens with zero attached hydrogens (tertiary/aromatic N) is 5. The topological polar surface area (TPSA) is 36.7 Å². The van der Waals surface area contributed by atoms with Gasteiger partial charge in [0.1, 0.15) is 0 Å². The minimum absolute atomic E-state index is 0.640. The van der Waals surface area contributed by atoms with Crippen molar-refractivity contribution in [3.05, 3.63) is 78.4 Å². The predicted molar refractivity (Wildman–Crippen MR) is 117 cm³/mol. The molecule has 5 rings (SSSR count). The number of hydrogen-bond acceptors (Lipinski definition) is 4. The number of rotatable bonds is 4. The highest BCUT2D eigenvalue weighted by Crippen LogP contribution is 2.33. The molecule has 148 valence electrons. The zero-order valence-corrected chi connectivity index (χ0v) is 17.2. The average Bonchev–Trinajstić information content (AvgIpc) is 3.26. The van der Waals surface area contributed by atoms with Gasteiger partial charge in [0, 0.05) is 66.3 Å². The van der Waals surface area contributed by atoms with Gasteiger partial charge in [-0.3, -0.25) is 9.88 Å². The first-order valence-electron chi connectivity index (χ1n) is 10.3. The van der Waals surface area contributed by atoms with Crippen molar-refractivity contribution in [2.45, 2.75) is 31.8 Å². The van der Waals surface area contributed by atoms with Gasteiger partial charge in [-0.1, -0.05) is 13.2 Å². The van der Waals surface area contributed by atoms with Crippen LogP contribution in [-0.2, 0) is 0 Å². The highest BCUT2D eigenvalue weighted by molar-refractivity contribution is 5.82. The van der Waals surface area contributed by atoms with E-state index in [9.17, 15) is 0 Å². The molecule has 5 nitrogen and oxygen atoms in total. The normalized spacial score (nSPS) is 21.7. The molecule has 0 N–H and O–H groups in total. The molecule has 2 saturated heterocycles. The van der Waals surface area contributed by atoms with E-state index < -0.39 is 0 Å². The van der Waals surface area contributed by atoms with Gasteiger partial charge in [0.15, 0.2) is 0 Å². The lowest BCUT2D eigenvalue weighted by Gasteiger charge is -2.41. The Kier molecular flexibility index (Phi) is 4.28. The Bertz CT molecular complexity index is 1100. The van der Waals surface area contributed by atoms with Crippen LogP contribution in [0.1, 0.15) is 35.2 Å². The third kappa shape index (κ3) is 3.06. The molecule has 2 aliphatic heterocycles. The summed E-state index contributed by atoms with van der Waals surface area (Å²) >= 11 is 0. The molecule has 0 amide bonds. The fourth-order valence-electron chi connectivity index (χ4n) is 4.78. The first-order chi connectivity index (χ1) is 14.0. The maximum Gasteiger partial charge on any atom is 0.0667 e. The lowest BCUT2D eigenvalue weighted by Crippen LogP contribution is -2.50. The summed E-state index contributed by atoms with van der Waals surface area (Å²) in [6.07, 6.45) is 8.31. The predicted octanol–water partition coefficient (Wildman–Crippen LogP) is 3.85. The van der Waals surface area contributed by atoms with E-state index in [2.05, 4.69) is 58.3 Å². The van der Waals surface area contributed by atoms with Crippen LogP contribution >= 0.6 is 0 Å². The molecule has 0 aromatic carbocycles. The number of fused-ring (bicyclic) bond motifs is 3. The van der Waals surface area contributed by atoms with Gasteiger partial charge in [0.25, 0.3) is 0 Å². The number of pyridine rings is 2. The Morgan fingerprint density at radius 3 is 2.59 bits per heavy atom. The summed E-state index contributed by atoms with van der Waals surface area (Å²) in [7, 11) is 2.26. The Balaban J connectivity index is 1.44. The highest BCUT2D eigenvalue weighted by Gasteiger charge is 2.37. The fraction of sp³-hybridized carbons (Fsp3) is 0.333. The second kappa shape index (κ2) is 6.85. The Labute approximate surface area is 172 Å². The van der Waals surface area contributed by atoms with E-state index in [-0.39, 0.29) is 0 Å². The standard InChI is InChI=1S/C24H27N5/c1-16(19-8-10-29-21(11-19)7-9-26-29)24-12-20(13-25-17(24)2)18(3)28-14-22-5-6-23(15-28)27(22)4/h7-13,22-23H,1,3,5-6,14-15H2,2,4H3. The van der Waals surface area contributed by atoms with Crippen molar-refractivity contribution in [2.24, 2.45) is 0 Å². The maximum atomic E-state index is 4.69. The molecule has 2 fully saturated rings. The van der Waals surface area contributed by atoms with Crippen molar-refractivity contribution in [2.75, 3.05) is 20.1 Å². The van der Waals surface area contributed by atoms with E-state index in [1.165, 1.54) is 12.8 Å². The van der Waals surface area contributed by atoms with Crippen LogP contribution in [0.25, 0.3) is 16.8 Å². The number of likely N-dealkylation sites (N-methyl/N-ethyl adjacent to an activating group) is 1. The molecule has 0 aliphatic carbocycles. The van der Waals surface area contributed by atoms with E-state index >= 15 is 0 Å². The average molecular weight is 386 g/mol. The maximum absolute atomic E-state index is 4.69. The first kappa shape index (κ1) is 18.1. The van der Waals surface area contributed by atoms with Crippen LogP contribution in [0.4, 0.5) is 0 Å². The Morgan fingerprint density at radius 2 is 1.83 bits per heavy atom. The molecule has 3 aromatic rings. The van der Waals surface area contributed by atoms with E-state index in [1.54, 1.807) is 0 Å². The van der Waals surface area contributed by atoms with Gasteiger partial charge in [0.05, 0.1) is 5.52 Å². The largest absolute Gasteiger partial charge is 0.368 e. The summed E-state index contributed by atoms with van der Waals surface area (Å²) in [5, 5.41) is 4.28. The second-order valence-corrected chi connectivity index (χ2v) is 8.35. The van der Waals surface area contributed by atoms with Crippen LogP contribution in [0.15, 0.2) is 56.0 Å². The van der Waals surface area contributed by atoms with Gasteiger partial charge in [0.2, 0.25) is 0 Å². The minimum atomic E-state index is 0.640. The van der Waals surface area contributed by atoms with Gasteiger partial charge >= 0.3 is 0 Å². The van der Waals surface area contributed by atoms with Crippen LogP contribution in [0.5, 0.6) is 0 Å². The van der Waals surface area contributed by atoms with E-state index in [4.69, 9.17) is 0 Å². The number of piperazine rings is 1. The molecule has 5 heteroatoms. The number of aromatic nitrogens is 3. The zero-order valence-electron chi connectivity index (χ0n) is 17.2. The number of aryl methyl sites for hydroxylation is 1. The summed E-state index contributed by atoms with van der Waals surface area (Å²) in [6, 6.07) is 9.66. The number of likely N-dealkylation sites (tertiary alicyclic amines) is 1. The summed E-state index contributed by atoms with van der Waals surface area (Å²) in [5.74, 6) is 0. The summed E-state index contributed by atoms with van der Waals surface area (Å²) in [6.45, 7) is 13.0. The van der Waals surface area contributed by atoms with E-state index in [0.717, 1.165) is 52.3 Å². The van der Waals surface area contributed by atoms with Crippen LogP contribution in [0.2, 0.25) is 0 Å². The van der Waals surface area contributed by atoms with Gasteiger partial charge < -0.3 is 4.90 Å². The van der Waals surface area contributed by atoms with Crippen molar-refractivity contribution in [3.63, 3.8) is 0 Å². The van der Waals surface area contributed by atoms with Crippen LogP contribution in [0.3, 0.4) is 0 Å². The lowest BCUT2D eigenvalue weighted by molar-refractivity contribution is 0.128. The van der Waals surface area contributed by atoms with Crippen molar-refractivity contribution < 1.29 is 0 Å². The van der Waals surface area contributed by atoms with Crippen LogP contribution in [-0.4, -0.2) is 56.6 Å². The van der Waals surface area contributed by atoms with E-state index in [0.29, 0.717) is 12.1 Å². The lowest BCUT2D eigenvalue weighted by atomic mass is 9.97. The molecule has 0 saturated carbocycles. The molecule has 0 spiro atoms. The first-order valence-corrected chi connectivity index (χ1v) is 10.3. The smallest absolute Gasteiger partial charge is 0.0667 e. The Morgan fingerprint density at radius 1 is 1.07 bits per heavy atom. The zero-order chi connectivity index (χ0) is 20.1. The highest BCUT2D eigenvalue weighted by atomic mass is 15.3. The second-order valence-electron chi connectivity index (χ2n) is 8.35. The molecular formula is C24H27N5. The van der Waals surface area contributed by atoms with Crippen molar-refractivity contribution >= 4 is 16.8 Å². The van der Waals surface area contributed by atoms with Gasteiger partial charge in [-0.05, 0) is 62.2 Å². The van der Waals surface area contributed by atoms with Gasteiger partial charge in [-0.15, -0.1) is 0 Å². The quantitative estimate of drug-likeness (QED) is 0.684. The molecule has 0 radical (unpaired) electrons. The summed E-state index contributed by atoms with van der Waals surface area (Å²) < 4.78 is 1.86. The van der Waals surface area contributed by atoms with Crippen molar-refractivity contribution in [1.29, 1.82) is 0 Å². The Hall–Kier alpha value is -2.92. The van der Waals surface area contributed by atoms with E-state index in [1.807, 2.05) is 36.1 Å². The summed E-state index contributed by atoms with van der Waals surface area (Å²) in [5.41, 5.74) is 7.34.